The summed E-state index contributed by atoms with van der Waals surface area (Å²) in [7, 11) is -1.59. The van der Waals surface area contributed by atoms with Crippen molar-refractivity contribution in [3.05, 3.63) is 43.0 Å². The van der Waals surface area contributed by atoms with Gasteiger partial charge in [0, 0.05) is 11.5 Å². The molecule has 0 saturated heterocycles. The minimum Gasteiger partial charge on any atom is -0.322 e. The van der Waals surface area contributed by atoms with Gasteiger partial charge in [0.2, 0.25) is 0 Å². The molecule has 1 unspecified atom stereocenters. The first kappa shape index (κ1) is 8.29. The first-order valence-corrected chi connectivity index (χ1v) is 5.15. The summed E-state index contributed by atoms with van der Waals surface area (Å²) in [6.45, 7) is 3.55. The van der Waals surface area contributed by atoms with E-state index in [4.69, 9.17) is 0 Å². The second-order valence-electron chi connectivity index (χ2n) is 2.28. The zero-order valence-corrected chi connectivity index (χ0v) is 7.29. The van der Waals surface area contributed by atoms with Crippen LogP contribution in [0.15, 0.2) is 43.0 Å². The van der Waals surface area contributed by atoms with Crippen molar-refractivity contribution in [3.8, 4) is 0 Å². The van der Waals surface area contributed by atoms with Crippen molar-refractivity contribution in [1.29, 1.82) is 0 Å². The van der Waals surface area contributed by atoms with Crippen molar-refractivity contribution < 1.29 is 4.57 Å². The molecule has 1 nitrogen and oxygen atoms in total. The van der Waals surface area contributed by atoms with Gasteiger partial charge in [-0.05, 0) is 0 Å². The lowest BCUT2D eigenvalue weighted by Crippen LogP contribution is -1.94. The molecular weight excluding hydrogens is 155 g/mol. The van der Waals surface area contributed by atoms with E-state index in [0.29, 0.717) is 6.16 Å². The van der Waals surface area contributed by atoms with Crippen molar-refractivity contribution in [2.75, 3.05) is 6.16 Å². The Balaban J connectivity index is 2.77. The molecule has 0 radical (unpaired) electrons. The Morgan fingerprint density at radius 3 is 2.55 bits per heavy atom. The van der Waals surface area contributed by atoms with Crippen LogP contribution in [0.25, 0.3) is 0 Å². The van der Waals surface area contributed by atoms with Crippen LogP contribution in [-0.4, -0.2) is 6.16 Å². The highest BCUT2D eigenvalue weighted by Gasteiger charge is 1.97. The van der Waals surface area contributed by atoms with Crippen LogP contribution >= 0.6 is 7.80 Å². The molecule has 0 aliphatic heterocycles. The minimum atomic E-state index is -1.59. The smallest absolute Gasteiger partial charge is 0.107 e. The van der Waals surface area contributed by atoms with Crippen molar-refractivity contribution in [2.24, 2.45) is 0 Å². The van der Waals surface area contributed by atoms with Gasteiger partial charge in [0.15, 0.2) is 0 Å². The molecule has 1 rings (SSSR count). The zero-order chi connectivity index (χ0) is 8.10. The normalized spacial score (nSPS) is 12.4. The number of benzene rings is 1. The first-order chi connectivity index (χ1) is 5.34. The lowest BCUT2D eigenvalue weighted by atomic mass is 10.4. The maximum Gasteiger partial charge on any atom is 0.107 e. The third kappa shape index (κ3) is 2.36. The van der Waals surface area contributed by atoms with E-state index in [-0.39, 0.29) is 0 Å². The first-order valence-electron chi connectivity index (χ1n) is 3.53. The maximum atomic E-state index is 11.4. The molecule has 0 amide bonds. The Kier molecular flexibility index (Phi) is 3.13. The summed E-state index contributed by atoms with van der Waals surface area (Å²) < 4.78 is 11.4. The van der Waals surface area contributed by atoms with Gasteiger partial charge in [-0.1, -0.05) is 36.4 Å². The average Bonchev–Trinajstić information content (AvgIpc) is 2.07. The van der Waals surface area contributed by atoms with E-state index < -0.39 is 7.80 Å². The molecule has 1 aromatic carbocycles. The molecular formula is C9H11OP. The number of hydrogen-bond acceptors (Lipinski definition) is 1. The molecule has 1 aromatic rings. The molecule has 0 aromatic heterocycles. The van der Waals surface area contributed by atoms with Crippen LogP contribution in [0.5, 0.6) is 0 Å². The van der Waals surface area contributed by atoms with Crippen molar-refractivity contribution >= 4 is 13.1 Å². The summed E-state index contributed by atoms with van der Waals surface area (Å²) in [4.78, 5) is 0. The lowest BCUT2D eigenvalue weighted by molar-refractivity contribution is 0.594. The molecule has 2 heteroatoms. The summed E-state index contributed by atoms with van der Waals surface area (Å²) in [5, 5.41) is 0.942. The molecule has 1 atom stereocenters. The molecule has 0 N–H and O–H groups in total. The van der Waals surface area contributed by atoms with E-state index in [1.54, 1.807) is 6.08 Å². The van der Waals surface area contributed by atoms with Gasteiger partial charge in [-0.3, -0.25) is 0 Å². The quantitative estimate of drug-likeness (QED) is 0.496. The molecule has 0 heterocycles. The molecule has 0 fully saturated rings. The van der Waals surface area contributed by atoms with Crippen LogP contribution in [0, 0.1) is 0 Å². The van der Waals surface area contributed by atoms with Gasteiger partial charge in [-0.15, -0.1) is 6.58 Å². The Bertz CT molecular complexity index is 254. The van der Waals surface area contributed by atoms with E-state index in [1.807, 2.05) is 30.3 Å². The second kappa shape index (κ2) is 4.15. The van der Waals surface area contributed by atoms with E-state index in [0.717, 1.165) is 5.30 Å². The number of allylic oxidation sites excluding steroid dienone is 1. The predicted octanol–water partition coefficient (Wildman–Crippen LogP) is 2.06. The Morgan fingerprint density at radius 1 is 1.36 bits per heavy atom. The topological polar surface area (TPSA) is 17.1 Å². The molecule has 0 aliphatic carbocycles. The van der Waals surface area contributed by atoms with Crippen LogP contribution in [0.2, 0.25) is 0 Å². The molecule has 0 saturated carbocycles. The van der Waals surface area contributed by atoms with Gasteiger partial charge in [-0.2, -0.15) is 0 Å². The van der Waals surface area contributed by atoms with Crippen molar-refractivity contribution in [2.45, 2.75) is 0 Å². The van der Waals surface area contributed by atoms with Gasteiger partial charge >= 0.3 is 0 Å². The lowest BCUT2D eigenvalue weighted by Gasteiger charge is -1.96. The fraction of sp³-hybridized carbons (Fsp3) is 0.111. The predicted molar refractivity (Wildman–Crippen MR) is 50.1 cm³/mol. The highest BCUT2D eigenvalue weighted by Crippen LogP contribution is 2.18. The average molecular weight is 166 g/mol. The van der Waals surface area contributed by atoms with Gasteiger partial charge in [0.25, 0.3) is 0 Å². The number of rotatable bonds is 3. The summed E-state index contributed by atoms with van der Waals surface area (Å²) >= 11 is 0. The van der Waals surface area contributed by atoms with Crippen LogP contribution < -0.4 is 5.30 Å². The van der Waals surface area contributed by atoms with Gasteiger partial charge < -0.3 is 4.57 Å². The van der Waals surface area contributed by atoms with Crippen LogP contribution in [0.1, 0.15) is 0 Å². The van der Waals surface area contributed by atoms with E-state index >= 15 is 0 Å². The maximum absolute atomic E-state index is 11.4. The summed E-state index contributed by atoms with van der Waals surface area (Å²) in [5.74, 6) is 0. The van der Waals surface area contributed by atoms with Gasteiger partial charge in [0.05, 0.1) is 0 Å². The summed E-state index contributed by atoms with van der Waals surface area (Å²) in [5.41, 5.74) is 0. The monoisotopic (exact) mass is 166 g/mol. The number of hydrogen-bond donors (Lipinski definition) is 0. The third-order valence-corrected chi connectivity index (χ3v) is 3.06. The summed E-state index contributed by atoms with van der Waals surface area (Å²) in [6, 6.07) is 9.52. The van der Waals surface area contributed by atoms with Crippen LogP contribution in [0.4, 0.5) is 0 Å². The summed E-state index contributed by atoms with van der Waals surface area (Å²) in [6.07, 6.45) is 2.31. The van der Waals surface area contributed by atoms with E-state index in [2.05, 4.69) is 6.58 Å². The fourth-order valence-electron chi connectivity index (χ4n) is 0.873. The Labute approximate surface area is 67.5 Å². The Hall–Kier alpha value is -0.810. The third-order valence-electron chi connectivity index (χ3n) is 1.43. The highest BCUT2D eigenvalue weighted by atomic mass is 31.1. The fourth-order valence-corrected chi connectivity index (χ4v) is 1.94. The van der Waals surface area contributed by atoms with Crippen LogP contribution in [0.3, 0.4) is 0 Å². The zero-order valence-electron chi connectivity index (χ0n) is 6.29. The molecule has 0 aliphatic rings. The van der Waals surface area contributed by atoms with Gasteiger partial charge in [0.1, 0.15) is 7.80 Å². The standard InChI is InChI=1S/C9H11OP/c1-2-8-11(10)9-6-4-3-5-7-9/h2-7,11H,1,8H2. The van der Waals surface area contributed by atoms with E-state index in [1.165, 1.54) is 0 Å². The van der Waals surface area contributed by atoms with Crippen molar-refractivity contribution in [3.63, 3.8) is 0 Å². The van der Waals surface area contributed by atoms with E-state index in [9.17, 15) is 4.57 Å². The molecule has 0 bridgehead atoms. The van der Waals surface area contributed by atoms with Crippen LogP contribution in [-0.2, 0) is 4.57 Å². The molecule has 11 heavy (non-hydrogen) atoms. The SMILES string of the molecule is C=CC[PH](=O)c1ccccc1. The van der Waals surface area contributed by atoms with Crippen molar-refractivity contribution in [1.82, 2.24) is 0 Å². The largest absolute Gasteiger partial charge is 0.322 e. The molecule has 0 spiro atoms. The minimum absolute atomic E-state index is 0.606. The van der Waals surface area contributed by atoms with Gasteiger partial charge in [-0.25, -0.2) is 0 Å². The highest BCUT2D eigenvalue weighted by molar-refractivity contribution is 7.53. The Morgan fingerprint density at radius 2 is 2.00 bits per heavy atom. The second-order valence-corrected chi connectivity index (χ2v) is 4.11. The molecule has 58 valence electrons.